The molecule has 2 aliphatic heterocycles. The summed E-state index contributed by atoms with van der Waals surface area (Å²) in [5.74, 6) is -1.84. The first-order chi connectivity index (χ1) is 47.2. The van der Waals surface area contributed by atoms with Gasteiger partial charge in [-0.15, -0.1) is 8.67 Å². The summed E-state index contributed by atoms with van der Waals surface area (Å²) in [5, 5.41) is 101. The lowest BCUT2D eigenvalue weighted by atomic mass is 9.65. The van der Waals surface area contributed by atoms with Gasteiger partial charge >= 0.3 is 0 Å². The number of rotatable bonds is 38. The Morgan fingerprint density at radius 1 is 0.444 bits per heavy atom. The highest BCUT2D eigenvalue weighted by Crippen LogP contribution is 2.50. The van der Waals surface area contributed by atoms with E-state index in [2.05, 4.69) is 83.4 Å². The molecule has 0 aromatic heterocycles. The molecule has 0 amide bonds. The fourth-order valence-corrected chi connectivity index (χ4v) is 22.2. The summed E-state index contributed by atoms with van der Waals surface area (Å²) in [6.07, 6.45) is -2.09. The molecule has 0 aromatic carbocycles. The van der Waals surface area contributed by atoms with Crippen LogP contribution in [0.1, 0.15) is 110 Å². The van der Waals surface area contributed by atoms with Crippen LogP contribution in [0, 0.1) is 35.5 Å². The molecule has 8 fully saturated rings. The maximum absolute atomic E-state index is 13.4. The normalized spacial score (nSPS) is 39.1. The van der Waals surface area contributed by atoms with E-state index < -0.39 is 182 Å². The largest absolute Gasteiger partial charge is 0.390 e. The molecule has 2 heterocycles. The third-order valence-corrected chi connectivity index (χ3v) is 28.6. The van der Waals surface area contributed by atoms with Crippen molar-refractivity contribution >= 4 is 64.6 Å². The SMILES string of the molecule is COOOSC1CC2CC(S(=O)(=O)OC)CC(NC3NC(O)NC(NCCCOCCCOCCCNC4NC(O)NC(NC5CC(S(=O)(=O)OC)CC6CC(SOOOC)C(N=NC7CCC(C)CC7S(=O)(=O)OC)C(O)C65)N4)N3)C2C(O)C1N=NC1CCC(C)CC1S(=O)(=O)OC. The van der Waals surface area contributed by atoms with Gasteiger partial charge in [0, 0.05) is 74.4 Å². The topological polar surface area (TPSA) is 498 Å². The Labute approximate surface area is 589 Å². The molecule has 99 heavy (non-hydrogen) atoms. The predicted octanol–water partition coefficient (Wildman–Crippen LogP) is -1.43. The Morgan fingerprint density at radius 2 is 0.818 bits per heavy atom. The first kappa shape index (κ1) is 83.3. The van der Waals surface area contributed by atoms with Crippen molar-refractivity contribution < 1.29 is 109 Å². The van der Waals surface area contributed by atoms with Gasteiger partial charge in [-0.3, -0.25) is 69.9 Å². The van der Waals surface area contributed by atoms with E-state index in [0.717, 1.165) is 52.5 Å². The van der Waals surface area contributed by atoms with Gasteiger partial charge in [0.15, 0.2) is 12.7 Å². The number of hydrogen-bond acceptors (Lipinski definition) is 40. The average molecular weight is 1540 g/mol. The smallest absolute Gasteiger partial charge is 0.272 e. The zero-order valence-electron chi connectivity index (χ0n) is 57.1. The van der Waals surface area contributed by atoms with Crippen molar-refractivity contribution in [1.82, 2.24) is 53.2 Å². The van der Waals surface area contributed by atoms with E-state index in [4.69, 9.17) is 45.0 Å². The van der Waals surface area contributed by atoms with E-state index in [-0.39, 0.29) is 50.4 Å². The van der Waals surface area contributed by atoms with Crippen molar-refractivity contribution in [3.63, 3.8) is 0 Å². The molecule has 0 spiro atoms. The highest BCUT2D eigenvalue weighted by molar-refractivity contribution is 7.95. The summed E-state index contributed by atoms with van der Waals surface area (Å²) in [6.45, 7) is 6.56. The van der Waals surface area contributed by atoms with Gasteiger partial charge < -0.3 is 29.9 Å². The molecule has 44 heteroatoms. The van der Waals surface area contributed by atoms with Crippen LogP contribution in [0.3, 0.4) is 0 Å². The Bertz CT molecular complexity index is 2790. The van der Waals surface area contributed by atoms with Gasteiger partial charge in [0.2, 0.25) is 0 Å². The highest BCUT2D eigenvalue weighted by atomic mass is 32.2. The zero-order chi connectivity index (χ0) is 71.7. The molecule has 26 unspecified atom stereocenters. The molecule has 26 atom stereocenters. The van der Waals surface area contributed by atoms with E-state index in [9.17, 15) is 54.1 Å². The van der Waals surface area contributed by atoms with Gasteiger partial charge in [0.1, 0.15) is 47.7 Å². The fourth-order valence-electron chi connectivity index (χ4n) is 15.3. The molecule has 2 saturated heterocycles. The van der Waals surface area contributed by atoms with Crippen molar-refractivity contribution in [2.24, 2.45) is 56.0 Å². The monoisotopic (exact) mass is 1540 g/mol. The number of nitrogens with one attached hydrogen (secondary N) is 10. The van der Waals surface area contributed by atoms with Crippen LogP contribution in [0.2, 0.25) is 0 Å². The van der Waals surface area contributed by atoms with Crippen LogP contribution in [0.5, 0.6) is 0 Å². The van der Waals surface area contributed by atoms with Crippen LogP contribution in [0.4, 0.5) is 0 Å². The Balaban J connectivity index is 0.766. The van der Waals surface area contributed by atoms with Crippen LogP contribution in [0.15, 0.2) is 20.5 Å². The molecule has 8 rings (SSSR count). The second-order valence-electron chi connectivity index (χ2n) is 26.6. The molecule has 0 bridgehead atoms. The number of aliphatic hydroxyl groups excluding tert-OH is 4. The molecule has 6 aliphatic carbocycles. The highest BCUT2D eigenvalue weighted by Gasteiger charge is 2.56. The molecule has 6 saturated carbocycles. The molecular weight excluding hydrogens is 1430 g/mol. The van der Waals surface area contributed by atoms with Gasteiger partial charge in [0.05, 0.1) is 88.0 Å². The van der Waals surface area contributed by atoms with Gasteiger partial charge in [0.25, 0.3) is 40.5 Å². The number of fused-ring (bicyclic) bond motifs is 2. The number of nitrogens with zero attached hydrogens (tertiary/aromatic N) is 4. The Morgan fingerprint density at radius 3 is 1.19 bits per heavy atom. The molecule has 0 aromatic rings. The number of azo groups is 2. The van der Waals surface area contributed by atoms with E-state index in [1.165, 1.54) is 14.2 Å². The Hall–Kier alpha value is -1.34. The minimum absolute atomic E-state index is 0.0333. The van der Waals surface area contributed by atoms with Crippen LogP contribution in [-0.2, 0) is 95.2 Å². The second-order valence-corrected chi connectivity index (χ2v) is 36.3. The second kappa shape index (κ2) is 39.5. The first-order valence-electron chi connectivity index (χ1n) is 33.7. The van der Waals surface area contributed by atoms with Crippen molar-refractivity contribution in [1.29, 1.82) is 0 Å². The lowest BCUT2D eigenvalue weighted by Crippen LogP contribution is -2.76. The van der Waals surface area contributed by atoms with Crippen molar-refractivity contribution in [3.8, 4) is 0 Å². The summed E-state index contributed by atoms with van der Waals surface area (Å²) >= 11 is 1.66. The lowest BCUT2D eigenvalue weighted by Gasteiger charge is -2.51. The fraction of sp³-hybridized carbons (Fsp3) is 1.00. The molecule has 0 radical (unpaired) electrons. The third-order valence-electron chi connectivity index (χ3n) is 20.2. The van der Waals surface area contributed by atoms with Crippen molar-refractivity contribution in [2.75, 3.05) is 82.2 Å². The molecule has 14 N–H and O–H groups in total. The maximum Gasteiger partial charge on any atom is 0.272 e. The third kappa shape index (κ3) is 23.3. The summed E-state index contributed by atoms with van der Waals surface area (Å²) < 4.78 is 148. The van der Waals surface area contributed by atoms with Gasteiger partial charge in [-0.1, -0.05) is 23.9 Å². The minimum Gasteiger partial charge on any atom is -0.390 e. The van der Waals surface area contributed by atoms with E-state index in [0.29, 0.717) is 97.3 Å². The summed E-state index contributed by atoms with van der Waals surface area (Å²) in [5.41, 5.74) is 0. The standard InChI is InChI=1S/C55H106N14O24S6/c1-30-12-14-36(42(22-30)98(78,79)86-7)66-68-46-40(94-92-90-82-3)26-32-24-34(96(74,75)84-5)28-38(44(32)48(46)70)58-52-60-50(62-54(72)64-52)56-16-9-18-88-20-11-21-89-19-10-17-57-51-61-53(65-55(73)63-51)59-39-29-35(97(76,77)85-6)25-33-27-41(95-93-91-83-4)47(49(71)45(33)39)69-67-37-15-13-31(2)23-43(37)99(80,81)87-8/h30-65,70-73H,9-29H2,1-8H3. The van der Waals surface area contributed by atoms with Crippen LogP contribution < -0.4 is 53.2 Å². The summed E-state index contributed by atoms with van der Waals surface area (Å²) in [6, 6.07) is -4.77. The van der Waals surface area contributed by atoms with Crippen molar-refractivity contribution in [3.05, 3.63) is 0 Å². The quantitative estimate of drug-likeness (QED) is 0.00841. The predicted molar refractivity (Wildman–Crippen MR) is 356 cm³/mol. The number of hydrogen-bond donors (Lipinski definition) is 14. The average Bonchev–Trinajstić information content (AvgIpc) is 0.761. The first-order valence-corrected chi connectivity index (χ1v) is 41.2. The summed E-state index contributed by atoms with van der Waals surface area (Å²) in [7, 11) is -9.10. The molecule has 8 aliphatic rings. The molecule has 576 valence electrons. The summed E-state index contributed by atoms with van der Waals surface area (Å²) in [4.78, 5) is 9.25. The van der Waals surface area contributed by atoms with E-state index >= 15 is 0 Å². The van der Waals surface area contributed by atoms with Gasteiger partial charge in [-0.2, -0.15) is 54.1 Å². The van der Waals surface area contributed by atoms with Crippen LogP contribution in [0.25, 0.3) is 0 Å². The van der Waals surface area contributed by atoms with Crippen LogP contribution >= 0.6 is 24.1 Å². The molecular formula is C55H106N14O24S6. The van der Waals surface area contributed by atoms with E-state index in [1.807, 2.05) is 13.8 Å². The lowest BCUT2D eigenvalue weighted by molar-refractivity contribution is -0.447. The van der Waals surface area contributed by atoms with Gasteiger partial charge in [-0.25, -0.2) is 9.78 Å². The molecule has 38 nitrogen and oxygen atoms in total. The van der Waals surface area contributed by atoms with Crippen molar-refractivity contribution in [2.45, 2.75) is 228 Å². The zero-order valence-corrected chi connectivity index (χ0v) is 62.0. The Kier molecular flexibility index (Phi) is 33.2. The van der Waals surface area contributed by atoms with E-state index in [1.54, 1.807) is 0 Å². The number of ether oxygens (including phenoxy) is 2. The van der Waals surface area contributed by atoms with Gasteiger partial charge in [-0.05, 0) is 133 Å². The number of aliphatic hydroxyl groups is 4. The van der Waals surface area contributed by atoms with Crippen LogP contribution in [-0.4, -0.2) is 254 Å². The maximum atomic E-state index is 13.4. The minimum atomic E-state index is -4.05.